The molecule has 0 saturated carbocycles. The molecule has 3 heteroatoms. The fourth-order valence-electron chi connectivity index (χ4n) is 2.24. The highest BCUT2D eigenvalue weighted by Crippen LogP contribution is 2.14. The van der Waals surface area contributed by atoms with E-state index < -0.39 is 0 Å². The highest BCUT2D eigenvalue weighted by molar-refractivity contribution is 4.78. The molecule has 15 heavy (non-hydrogen) atoms. The first-order chi connectivity index (χ1) is 7.36. The number of ether oxygens (including phenoxy) is 1. The number of hydrogen-bond acceptors (Lipinski definition) is 3. The van der Waals surface area contributed by atoms with Gasteiger partial charge < -0.3 is 9.64 Å². The van der Waals surface area contributed by atoms with Crippen LogP contribution in [0.15, 0.2) is 0 Å². The Morgan fingerprint density at radius 3 is 2.53 bits per heavy atom. The maximum absolute atomic E-state index is 5.42. The minimum absolute atomic E-state index is 0.714. The molecule has 0 bridgehead atoms. The van der Waals surface area contributed by atoms with Crippen molar-refractivity contribution < 1.29 is 4.74 Å². The van der Waals surface area contributed by atoms with Crippen LogP contribution in [0.3, 0.4) is 0 Å². The van der Waals surface area contributed by atoms with Gasteiger partial charge in [-0.3, -0.25) is 4.90 Å². The standard InChI is InChI=1S/C10H20N2O.C2H6/c1-11-4-2-5-12(7-6-11)10-3-8-13-9-10;1-2/h10H,2-9H2,1H3;1-2H3. The first-order valence-corrected chi connectivity index (χ1v) is 6.36. The molecule has 0 spiro atoms. The first kappa shape index (κ1) is 12.9. The average Bonchev–Trinajstić information content (AvgIpc) is 2.72. The third kappa shape index (κ3) is 4.09. The molecule has 0 N–H and O–H groups in total. The van der Waals surface area contributed by atoms with E-state index in [0.29, 0.717) is 6.04 Å². The molecule has 0 radical (unpaired) electrons. The Bertz CT molecular complexity index is 158. The van der Waals surface area contributed by atoms with Gasteiger partial charge in [0.25, 0.3) is 0 Å². The van der Waals surface area contributed by atoms with Gasteiger partial charge in [0, 0.05) is 25.7 Å². The van der Waals surface area contributed by atoms with Crippen LogP contribution in [-0.4, -0.2) is 62.3 Å². The molecule has 0 aliphatic carbocycles. The molecule has 3 nitrogen and oxygen atoms in total. The largest absolute Gasteiger partial charge is 0.380 e. The Balaban J connectivity index is 0.000000531. The summed E-state index contributed by atoms with van der Waals surface area (Å²) in [4.78, 5) is 5.03. The number of likely N-dealkylation sites (N-methyl/N-ethyl adjacent to an activating group) is 1. The van der Waals surface area contributed by atoms with Crippen molar-refractivity contribution in [3.8, 4) is 0 Å². The van der Waals surface area contributed by atoms with Crippen LogP contribution in [0.2, 0.25) is 0 Å². The number of hydrogen-bond donors (Lipinski definition) is 0. The van der Waals surface area contributed by atoms with Gasteiger partial charge in [0.05, 0.1) is 6.61 Å². The molecule has 0 amide bonds. The van der Waals surface area contributed by atoms with Gasteiger partial charge >= 0.3 is 0 Å². The fourth-order valence-corrected chi connectivity index (χ4v) is 2.24. The minimum Gasteiger partial charge on any atom is -0.380 e. The van der Waals surface area contributed by atoms with Crippen LogP contribution in [0.5, 0.6) is 0 Å². The van der Waals surface area contributed by atoms with E-state index in [-0.39, 0.29) is 0 Å². The third-order valence-corrected chi connectivity index (χ3v) is 3.18. The molecule has 2 fully saturated rings. The van der Waals surface area contributed by atoms with Crippen molar-refractivity contribution in [1.29, 1.82) is 0 Å². The summed E-state index contributed by atoms with van der Waals surface area (Å²) in [6, 6.07) is 0.714. The molecule has 0 aromatic carbocycles. The lowest BCUT2D eigenvalue weighted by Crippen LogP contribution is -2.38. The zero-order valence-corrected chi connectivity index (χ0v) is 10.5. The zero-order chi connectivity index (χ0) is 11.1. The van der Waals surface area contributed by atoms with Crippen molar-refractivity contribution in [2.75, 3.05) is 46.4 Å². The lowest BCUT2D eigenvalue weighted by atomic mass is 10.2. The average molecular weight is 214 g/mol. The summed E-state index contributed by atoms with van der Waals surface area (Å²) in [7, 11) is 2.22. The van der Waals surface area contributed by atoms with Crippen molar-refractivity contribution in [3.05, 3.63) is 0 Å². The van der Waals surface area contributed by atoms with E-state index in [9.17, 15) is 0 Å². The van der Waals surface area contributed by atoms with Gasteiger partial charge in [0.2, 0.25) is 0 Å². The maximum Gasteiger partial charge on any atom is 0.0622 e. The summed E-state index contributed by atoms with van der Waals surface area (Å²) >= 11 is 0. The number of nitrogens with zero attached hydrogens (tertiary/aromatic N) is 2. The van der Waals surface area contributed by atoms with E-state index in [1.807, 2.05) is 13.8 Å². The second kappa shape index (κ2) is 7.20. The van der Waals surface area contributed by atoms with E-state index in [1.54, 1.807) is 0 Å². The summed E-state index contributed by atoms with van der Waals surface area (Å²) < 4.78 is 5.42. The Kier molecular flexibility index (Phi) is 6.22. The molecule has 2 aliphatic heterocycles. The SMILES string of the molecule is CC.CN1CCCN(C2CCOC2)CC1. The Morgan fingerprint density at radius 2 is 1.87 bits per heavy atom. The van der Waals surface area contributed by atoms with Gasteiger partial charge in [-0.1, -0.05) is 13.8 Å². The van der Waals surface area contributed by atoms with Crippen LogP contribution < -0.4 is 0 Å². The molecular formula is C12H26N2O. The second-order valence-corrected chi connectivity index (χ2v) is 4.21. The maximum atomic E-state index is 5.42. The minimum atomic E-state index is 0.714. The van der Waals surface area contributed by atoms with Crippen LogP contribution >= 0.6 is 0 Å². The molecule has 2 saturated heterocycles. The van der Waals surface area contributed by atoms with Gasteiger partial charge in [-0.2, -0.15) is 0 Å². The van der Waals surface area contributed by atoms with Crippen molar-refractivity contribution in [3.63, 3.8) is 0 Å². The van der Waals surface area contributed by atoms with E-state index in [2.05, 4.69) is 16.8 Å². The van der Waals surface area contributed by atoms with Gasteiger partial charge in [0.15, 0.2) is 0 Å². The lowest BCUT2D eigenvalue weighted by Gasteiger charge is -2.25. The van der Waals surface area contributed by atoms with Gasteiger partial charge in [-0.05, 0) is 33.0 Å². The molecule has 1 unspecified atom stereocenters. The smallest absolute Gasteiger partial charge is 0.0622 e. The van der Waals surface area contributed by atoms with Crippen LogP contribution in [0.4, 0.5) is 0 Å². The van der Waals surface area contributed by atoms with Crippen LogP contribution in [-0.2, 0) is 4.74 Å². The lowest BCUT2D eigenvalue weighted by molar-refractivity contribution is 0.146. The molecular weight excluding hydrogens is 188 g/mol. The monoisotopic (exact) mass is 214 g/mol. The summed E-state index contributed by atoms with van der Waals surface area (Å²) in [5.74, 6) is 0. The van der Waals surface area contributed by atoms with Crippen molar-refractivity contribution in [2.45, 2.75) is 32.7 Å². The normalized spacial score (nSPS) is 29.4. The van der Waals surface area contributed by atoms with Gasteiger partial charge in [0.1, 0.15) is 0 Å². The summed E-state index contributed by atoms with van der Waals surface area (Å²) in [5.41, 5.74) is 0. The molecule has 2 aliphatic rings. The highest BCUT2D eigenvalue weighted by Gasteiger charge is 2.24. The first-order valence-electron chi connectivity index (χ1n) is 6.36. The third-order valence-electron chi connectivity index (χ3n) is 3.18. The highest BCUT2D eigenvalue weighted by atomic mass is 16.5. The summed E-state index contributed by atoms with van der Waals surface area (Å²) in [6.07, 6.45) is 2.55. The summed E-state index contributed by atoms with van der Waals surface area (Å²) in [6.45, 7) is 10.9. The van der Waals surface area contributed by atoms with E-state index in [4.69, 9.17) is 4.74 Å². The molecule has 2 heterocycles. The quantitative estimate of drug-likeness (QED) is 0.657. The Hall–Kier alpha value is -0.120. The molecule has 90 valence electrons. The van der Waals surface area contributed by atoms with Gasteiger partial charge in [-0.25, -0.2) is 0 Å². The zero-order valence-electron chi connectivity index (χ0n) is 10.5. The van der Waals surface area contributed by atoms with Crippen molar-refractivity contribution in [1.82, 2.24) is 9.80 Å². The van der Waals surface area contributed by atoms with E-state index >= 15 is 0 Å². The Morgan fingerprint density at radius 1 is 1.07 bits per heavy atom. The van der Waals surface area contributed by atoms with E-state index in [0.717, 1.165) is 13.2 Å². The topological polar surface area (TPSA) is 15.7 Å². The molecule has 1 atom stereocenters. The van der Waals surface area contributed by atoms with Crippen molar-refractivity contribution >= 4 is 0 Å². The second-order valence-electron chi connectivity index (χ2n) is 4.21. The Labute approximate surface area is 94.4 Å². The van der Waals surface area contributed by atoms with Crippen molar-refractivity contribution in [2.24, 2.45) is 0 Å². The van der Waals surface area contributed by atoms with Crippen LogP contribution in [0.1, 0.15) is 26.7 Å². The predicted octanol–water partition coefficient (Wildman–Crippen LogP) is 1.44. The fraction of sp³-hybridized carbons (Fsp3) is 1.00. The van der Waals surface area contributed by atoms with Crippen LogP contribution in [0.25, 0.3) is 0 Å². The number of rotatable bonds is 1. The molecule has 2 rings (SSSR count). The van der Waals surface area contributed by atoms with E-state index in [1.165, 1.54) is 39.0 Å². The van der Waals surface area contributed by atoms with Gasteiger partial charge in [-0.15, -0.1) is 0 Å². The predicted molar refractivity (Wildman–Crippen MR) is 64.3 cm³/mol. The summed E-state index contributed by atoms with van der Waals surface area (Å²) in [5, 5.41) is 0. The molecule has 0 aromatic heterocycles. The molecule has 0 aromatic rings. The van der Waals surface area contributed by atoms with Crippen LogP contribution in [0, 0.1) is 0 Å².